The minimum absolute atomic E-state index is 0.0931. The molecule has 1 aliphatic heterocycles. The molecule has 0 bridgehead atoms. The van der Waals surface area contributed by atoms with E-state index in [0.29, 0.717) is 5.92 Å². The second-order valence-corrected chi connectivity index (χ2v) is 5.74. The summed E-state index contributed by atoms with van der Waals surface area (Å²) >= 11 is 0. The Morgan fingerprint density at radius 2 is 2.28 bits per heavy atom. The molecule has 0 aliphatic carbocycles. The van der Waals surface area contributed by atoms with Crippen LogP contribution in [-0.2, 0) is 4.74 Å². The number of aliphatic hydroxyl groups is 1. The standard InChI is InChI=1S/C14H30N2O2/c1-3-14(15,12-17)7-5-9-16-8-4-6-13(10-16)11-18-2/h13,17H,3-12,15H2,1-2H3. The van der Waals surface area contributed by atoms with Gasteiger partial charge in [-0.25, -0.2) is 0 Å². The first kappa shape index (κ1) is 15.9. The molecule has 4 heteroatoms. The molecule has 108 valence electrons. The van der Waals surface area contributed by atoms with Crippen LogP contribution < -0.4 is 5.73 Å². The molecular formula is C14H30N2O2. The molecule has 0 amide bonds. The number of rotatable bonds is 8. The van der Waals surface area contributed by atoms with E-state index < -0.39 is 0 Å². The predicted octanol–water partition coefficient (Wildman–Crippen LogP) is 1.22. The van der Waals surface area contributed by atoms with Gasteiger partial charge in [0.1, 0.15) is 0 Å². The summed E-state index contributed by atoms with van der Waals surface area (Å²) in [5, 5.41) is 9.28. The van der Waals surface area contributed by atoms with Gasteiger partial charge in [-0.3, -0.25) is 0 Å². The molecule has 0 aromatic heterocycles. The largest absolute Gasteiger partial charge is 0.394 e. The third kappa shape index (κ3) is 5.22. The number of methoxy groups -OCH3 is 1. The van der Waals surface area contributed by atoms with E-state index in [2.05, 4.69) is 4.90 Å². The van der Waals surface area contributed by atoms with Crippen molar-refractivity contribution in [2.45, 2.75) is 44.6 Å². The molecule has 4 nitrogen and oxygen atoms in total. The van der Waals surface area contributed by atoms with E-state index in [9.17, 15) is 5.11 Å². The van der Waals surface area contributed by atoms with Crippen LogP contribution in [0.4, 0.5) is 0 Å². The van der Waals surface area contributed by atoms with Crippen LogP contribution in [0.15, 0.2) is 0 Å². The van der Waals surface area contributed by atoms with Crippen molar-refractivity contribution >= 4 is 0 Å². The Bertz CT molecular complexity index is 218. The number of aliphatic hydroxyl groups excluding tert-OH is 1. The Kier molecular flexibility index (Phi) is 7.15. The zero-order valence-electron chi connectivity index (χ0n) is 12.0. The zero-order valence-corrected chi connectivity index (χ0v) is 12.0. The van der Waals surface area contributed by atoms with Gasteiger partial charge in [-0.1, -0.05) is 6.92 Å². The third-order valence-corrected chi connectivity index (χ3v) is 4.17. The normalized spacial score (nSPS) is 25.0. The van der Waals surface area contributed by atoms with Crippen LogP contribution in [-0.4, -0.2) is 55.5 Å². The molecule has 0 radical (unpaired) electrons. The van der Waals surface area contributed by atoms with Crippen molar-refractivity contribution < 1.29 is 9.84 Å². The fourth-order valence-electron chi connectivity index (χ4n) is 2.75. The van der Waals surface area contributed by atoms with Crippen molar-refractivity contribution in [3.05, 3.63) is 0 Å². The molecule has 0 aromatic carbocycles. The molecule has 0 saturated carbocycles. The third-order valence-electron chi connectivity index (χ3n) is 4.17. The van der Waals surface area contributed by atoms with E-state index in [4.69, 9.17) is 10.5 Å². The highest BCUT2D eigenvalue weighted by Crippen LogP contribution is 2.19. The lowest BCUT2D eigenvalue weighted by Crippen LogP contribution is -2.44. The van der Waals surface area contributed by atoms with Gasteiger partial charge in [-0.15, -0.1) is 0 Å². The minimum Gasteiger partial charge on any atom is -0.394 e. The highest BCUT2D eigenvalue weighted by atomic mass is 16.5. The summed E-state index contributed by atoms with van der Waals surface area (Å²) in [7, 11) is 1.78. The van der Waals surface area contributed by atoms with Gasteiger partial charge < -0.3 is 20.5 Å². The summed E-state index contributed by atoms with van der Waals surface area (Å²) in [5.74, 6) is 0.690. The van der Waals surface area contributed by atoms with Gasteiger partial charge >= 0.3 is 0 Å². The number of piperidine rings is 1. The van der Waals surface area contributed by atoms with Gasteiger partial charge in [0.05, 0.1) is 13.2 Å². The maximum absolute atomic E-state index is 9.28. The van der Waals surface area contributed by atoms with Crippen LogP contribution in [0.3, 0.4) is 0 Å². The van der Waals surface area contributed by atoms with Crippen LogP contribution in [0, 0.1) is 5.92 Å². The summed E-state index contributed by atoms with van der Waals surface area (Å²) < 4.78 is 5.24. The fraction of sp³-hybridized carbons (Fsp3) is 1.00. The Morgan fingerprint density at radius 3 is 2.89 bits per heavy atom. The highest BCUT2D eigenvalue weighted by molar-refractivity contribution is 4.82. The second-order valence-electron chi connectivity index (χ2n) is 5.74. The van der Waals surface area contributed by atoms with E-state index in [1.807, 2.05) is 6.92 Å². The highest BCUT2D eigenvalue weighted by Gasteiger charge is 2.23. The molecule has 2 unspecified atom stereocenters. The summed E-state index contributed by atoms with van der Waals surface area (Å²) in [4.78, 5) is 2.51. The molecule has 1 rings (SSSR count). The quantitative estimate of drug-likeness (QED) is 0.687. The Balaban J connectivity index is 2.22. The van der Waals surface area contributed by atoms with Crippen LogP contribution >= 0.6 is 0 Å². The van der Waals surface area contributed by atoms with Crippen molar-refractivity contribution in [2.75, 3.05) is 40.0 Å². The monoisotopic (exact) mass is 258 g/mol. The molecule has 0 aromatic rings. The first-order valence-electron chi connectivity index (χ1n) is 7.24. The molecule has 3 N–H and O–H groups in total. The number of nitrogens with two attached hydrogens (primary N) is 1. The van der Waals surface area contributed by atoms with Crippen molar-refractivity contribution in [1.82, 2.24) is 4.90 Å². The zero-order chi connectivity index (χ0) is 13.4. The van der Waals surface area contributed by atoms with Gasteiger partial charge in [0, 0.05) is 19.2 Å². The van der Waals surface area contributed by atoms with Gasteiger partial charge in [0.2, 0.25) is 0 Å². The average molecular weight is 258 g/mol. The average Bonchev–Trinajstić information content (AvgIpc) is 2.39. The van der Waals surface area contributed by atoms with Crippen molar-refractivity contribution in [2.24, 2.45) is 11.7 Å². The summed E-state index contributed by atoms with van der Waals surface area (Å²) in [5.41, 5.74) is 5.73. The van der Waals surface area contributed by atoms with Crippen LogP contribution in [0.2, 0.25) is 0 Å². The first-order valence-corrected chi connectivity index (χ1v) is 7.24. The van der Waals surface area contributed by atoms with Gasteiger partial charge in [-0.05, 0) is 51.1 Å². The number of ether oxygens (including phenoxy) is 1. The van der Waals surface area contributed by atoms with E-state index in [-0.39, 0.29) is 12.1 Å². The Hall–Kier alpha value is -0.160. The van der Waals surface area contributed by atoms with Crippen LogP contribution in [0.25, 0.3) is 0 Å². The predicted molar refractivity (Wildman–Crippen MR) is 74.6 cm³/mol. The van der Waals surface area contributed by atoms with Crippen molar-refractivity contribution in [3.8, 4) is 0 Å². The van der Waals surface area contributed by atoms with Crippen molar-refractivity contribution in [1.29, 1.82) is 0 Å². The number of likely N-dealkylation sites (tertiary alicyclic amines) is 1. The summed E-state index contributed by atoms with van der Waals surface area (Å²) in [6, 6.07) is 0. The maximum Gasteiger partial charge on any atom is 0.0611 e. The molecule has 1 fully saturated rings. The fourth-order valence-corrected chi connectivity index (χ4v) is 2.75. The second kappa shape index (κ2) is 8.10. The molecular weight excluding hydrogens is 228 g/mol. The van der Waals surface area contributed by atoms with E-state index >= 15 is 0 Å². The molecule has 2 atom stereocenters. The Morgan fingerprint density at radius 1 is 1.50 bits per heavy atom. The van der Waals surface area contributed by atoms with E-state index in [1.54, 1.807) is 7.11 Å². The molecule has 0 spiro atoms. The number of nitrogens with zero attached hydrogens (tertiary/aromatic N) is 1. The topological polar surface area (TPSA) is 58.7 Å². The molecule has 1 heterocycles. The first-order chi connectivity index (χ1) is 8.63. The van der Waals surface area contributed by atoms with Gasteiger partial charge in [-0.2, -0.15) is 0 Å². The molecule has 18 heavy (non-hydrogen) atoms. The van der Waals surface area contributed by atoms with E-state index in [1.165, 1.54) is 19.4 Å². The SMILES string of the molecule is CCC(N)(CO)CCCN1CCCC(COC)C1. The lowest BCUT2D eigenvalue weighted by molar-refractivity contribution is 0.0874. The van der Waals surface area contributed by atoms with Gasteiger partial charge in [0.25, 0.3) is 0 Å². The summed E-state index contributed by atoms with van der Waals surface area (Å²) in [6.45, 7) is 6.46. The van der Waals surface area contributed by atoms with Crippen LogP contribution in [0.5, 0.6) is 0 Å². The van der Waals surface area contributed by atoms with Gasteiger partial charge in [0.15, 0.2) is 0 Å². The lowest BCUT2D eigenvalue weighted by Gasteiger charge is -2.33. The molecule has 1 aliphatic rings. The number of hydrogen-bond donors (Lipinski definition) is 2. The molecule has 1 saturated heterocycles. The maximum atomic E-state index is 9.28. The lowest BCUT2D eigenvalue weighted by atomic mass is 9.92. The number of hydrogen-bond acceptors (Lipinski definition) is 4. The van der Waals surface area contributed by atoms with Crippen LogP contribution in [0.1, 0.15) is 39.0 Å². The van der Waals surface area contributed by atoms with Crippen molar-refractivity contribution in [3.63, 3.8) is 0 Å². The summed E-state index contributed by atoms with van der Waals surface area (Å²) in [6.07, 6.45) is 5.39. The smallest absolute Gasteiger partial charge is 0.0611 e. The minimum atomic E-state index is -0.373. The van der Waals surface area contributed by atoms with E-state index in [0.717, 1.165) is 39.0 Å². The Labute approximate surface area is 111 Å².